The van der Waals surface area contributed by atoms with Crippen LogP contribution in [0.3, 0.4) is 0 Å². The number of fused-ring (bicyclic) bond motifs is 1. The molecule has 2 fully saturated rings. The number of urea groups is 1. The molecule has 2 atom stereocenters. The third-order valence-electron chi connectivity index (χ3n) is 4.94. The van der Waals surface area contributed by atoms with E-state index in [0.717, 1.165) is 11.9 Å². The molecule has 0 spiro atoms. The molecule has 2 saturated heterocycles. The van der Waals surface area contributed by atoms with Gasteiger partial charge in [-0.2, -0.15) is 0 Å². The van der Waals surface area contributed by atoms with Gasteiger partial charge >= 0.3 is 6.03 Å². The van der Waals surface area contributed by atoms with Crippen LogP contribution in [0.15, 0.2) is 30.3 Å². The summed E-state index contributed by atoms with van der Waals surface area (Å²) in [5.74, 6) is -0.385. The van der Waals surface area contributed by atoms with Crippen LogP contribution in [-0.2, 0) is 16.0 Å². The Bertz CT molecular complexity index is 1180. The lowest BCUT2D eigenvalue weighted by Crippen LogP contribution is -2.30. The predicted octanol–water partition coefficient (Wildman–Crippen LogP) is -0.862. The second kappa shape index (κ2) is 17.4. The Morgan fingerprint density at radius 3 is 2.00 bits per heavy atom. The quantitative estimate of drug-likeness (QED) is 0.0490. The van der Waals surface area contributed by atoms with Gasteiger partial charge in [0.25, 0.3) is 0 Å². The number of rotatable bonds is 2. The average Bonchev–Trinajstić information content (AvgIpc) is 3.52. The van der Waals surface area contributed by atoms with Gasteiger partial charge in [-0.05, 0) is 36.6 Å². The number of amides is 4. The molecule has 3 heterocycles. The first-order chi connectivity index (χ1) is 19.4. The largest absolute Gasteiger partial charge is 0.508 e. The van der Waals surface area contributed by atoms with Crippen LogP contribution in [0.25, 0.3) is 0 Å². The van der Waals surface area contributed by atoms with E-state index in [2.05, 4.69) is 34.9 Å². The number of aliphatic hydroxyl groups excluding tert-OH is 1. The lowest BCUT2D eigenvalue weighted by Gasteiger charge is -2.31. The summed E-state index contributed by atoms with van der Waals surface area (Å²) in [6.07, 6.45) is -1.56. The Morgan fingerprint density at radius 1 is 0.976 bits per heavy atom. The van der Waals surface area contributed by atoms with Crippen molar-refractivity contribution < 1.29 is 44.7 Å². The fraction of sp³-hybridized carbons (Fsp3) is 0.261. The topological polar surface area (TPSA) is 286 Å². The molecule has 4 amide bonds. The van der Waals surface area contributed by atoms with Crippen LogP contribution in [0.1, 0.15) is 17.2 Å². The molecule has 3 aliphatic rings. The number of carbonyl (C=O) groups is 3. The first kappa shape index (κ1) is 34.7. The maximum Gasteiger partial charge on any atom is 0.321 e. The van der Waals surface area contributed by atoms with E-state index in [0.29, 0.717) is 28.7 Å². The molecule has 2 aromatic carbocycles. The molecular weight excluding hydrogens is 582 g/mol. The number of carbonyl (C=O) groups excluding carboxylic acids is 3. The van der Waals surface area contributed by atoms with Crippen LogP contribution in [0.2, 0.25) is 0 Å². The lowest BCUT2D eigenvalue weighted by molar-refractivity contribution is -0.118. The number of nitrogens with two attached hydrogens (primary N) is 2. The Kier molecular flexibility index (Phi) is 14.7. The minimum atomic E-state index is -0.933. The molecule has 0 saturated carbocycles. The zero-order valence-electron chi connectivity index (χ0n) is 21.4. The van der Waals surface area contributed by atoms with Crippen LogP contribution in [-0.4, -0.2) is 80.3 Å². The zero-order chi connectivity index (χ0) is 31.1. The third kappa shape index (κ3) is 11.3. The molecule has 14 N–H and O–H groups in total. The fourth-order valence-electron chi connectivity index (χ4n) is 3.22. The lowest BCUT2D eigenvalue weighted by atomic mass is 9.94. The maximum absolute atomic E-state index is 10.2. The van der Waals surface area contributed by atoms with Gasteiger partial charge in [0, 0.05) is 24.1 Å². The van der Waals surface area contributed by atoms with E-state index in [1.54, 1.807) is 0 Å². The van der Waals surface area contributed by atoms with Crippen LogP contribution in [0, 0.1) is 5.41 Å². The normalized spacial score (nSPS) is 17.8. The Morgan fingerprint density at radius 2 is 1.59 bits per heavy atom. The molecule has 41 heavy (non-hydrogen) atoms. The van der Waals surface area contributed by atoms with Gasteiger partial charge in [-0.15, -0.1) is 0 Å². The number of hydrogen-bond acceptors (Lipinski definition) is 14. The van der Waals surface area contributed by atoms with Crippen molar-refractivity contribution in [3.63, 3.8) is 0 Å². The van der Waals surface area contributed by atoms with E-state index in [4.69, 9.17) is 21.0 Å². The van der Waals surface area contributed by atoms with Gasteiger partial charge in [0.15, 0.2) is 16.6 Å². The number of ether oxygens (including phenoxy) is 1. The van der Waals surface area contributed by atoms with Gasteiger partial charge in [0.05, 0.1) is 25.1 Å². The summed E-state index contributed by atoms with van der Waals surface area (Å²) >= 11 is 5.69. The number of benzene rings is 2. The molecule has 1 unspecified atom stereocenters. The zero-order valence-corrected chi connectivity index (χ0v) is 23.1. The third-order valence-corrected chi connectivity index (χ3v) is 5.37. The van der Waals surface area contributed by atoms with Gasteiger partial charge in [0.1, 0.15) is 23.4 Å². The summed E-state index contributed by atoms with van der Waals surface area (Å²) in [5, 5.41) is 68.4. The van der Waals surface area contributed by atoms with E-state index in [1.165, 1.54) is 30.3 Å². The molecular formula is C23H31N7O9S2. The number of aliphatic hydroxyl groups is 1. The molecule has 224 valence electrons. The molecule has 18 heteroatoms. The number of imide groups is 1. The van der Waals surface area contributed by atoms with Gasteiger partial charge in [0.2, 0.25) is 11.8 Å². The van der Waals surface area contributed by atoms with Crippen molar-refractivity contribution in [2.45, 2.75) is 18.6 Å². The summed E-state index contributed by atoms with van der Waals surface area (Å²) in [5.41, 5.74) is 5.76. The SMILES string of the molecule is C=N.NCSN.O=C1CNC(=O)N1.O=C1CNC(=S)N1.Oc1cc(O)c2c(c1)O[C@H](c1ccc(O)c(O)c1)C(O)C2. The van der Waals surface area contributed by atoms with Gasteiger partial charge in [-0.1, -0.05) is 18.0 Å². The summed E-state index contributed by atoms with van der Waals surface area (Å²) in [6.45, 7) is 2.96. The minimum Gasteiger partial charge on any atom is -0.508 e. The van der Waals surface area contributed by atoms with Gasteiger partial charge < -0.3 is 57.4 Å². The van der Waals surface area contributed by atoms with Crippen LogP contribution in [0.4, 0.5) is 4.79 Å². The Labute approximate surface area is 243 Å². The molecule has 0 radical (unpaired) electrons. The molecule has 0 bridgehead atoms. The van der Waals surface area contributed by atoms with Crippen molar-refractivity contribution in [2.75, 3.05) is 19.0 Å². The number of aromatic hydroxyl groups is 4. The highest BCUT2D eigenvalue weighted by Crippen LogP contribution is 2.42. The van der Waals surface area contributed by atoms with E-state index in [9.17, 15) is 39.9 Å². The molecule has 0 aliphatic carbocycles. The van der Waals surface area contributed by atoms with Crippen molar-refractivity contribution >= 4 is 53.8 Å². The molecule has 0 aromatic heterocycles. The summed E-state index contributed by atoms with van der Waals surface area (Å²) in [4.78, 5) is 30.3. The Hall–Kier alpha value is -4.36. The standard InChI is InChI=1S/C15H14O6.C3H4N2O2.C3H4N2OS.CH6N2S.CH3N/c16-8-4-11(18)9-6-13(20)15(21-14(9)5-8)7-1-2-10(17)12(19)3-7;2*6-2-1-4-3(7)5-2;2-1-4-3;1-2/h1-5,13,15-20H,6H2;2*1H2,(H2,4,5,6,7);1-3H2;2H,1H2/t13?,15-;;;;/m1..../s1. The first-order valence-electron chi connectivity index (χ1n) is 11.4. The fourth-order valence-corrected chi connectivity index (χ4v) is 3.40. The van der Waals surface area contributed by atoms with Crippen molar-refractivity contribution in [2.24, 2.45) is 10.9 Å². The number of hydrogen-bond donors (Lipinski definition) is 12. The molecule has 3 aliphatic heterocycles. The number of nitrogens with one attached hydrogen (secondary N) is 5. The molecule has 5 rings (SSSR count). The van der Waals surface area contributed by atoms with Crippen molar-refractivity contribution in [3.05, 3.63) is 41.5 Å². The minimum absolute atomic E-state index is 0.0509. The van der Waals surface area contributed by atoms with E-state index >= 15 is 0 Å². The summed E-state index contributed by atoms with van der Waals surface area (Å²) in [7, 11) is 0. The van der Waals surface area contributed by atoms with Crippen LogP contribution >= 0.6 is 24.2 Å². The van der Waals surface area contributed by atoms with E-state index < -0.39 is 18.2 Å². The highest BCUT2D eigenvalue weighted by atomic mass is 32.2. The van der Waals surface area contributed by atoms with Crippen molar-refractivity contribution in [1.82, 2.24) is 21.3 Å². The van der Waals surface area contributed by atoms with Crippen molar-refractivity contribution in [3.8, 4) is 28.7 Å². The number of thiocarbonyl (C=S) groups is 1. The Balaban J connectivity index is 0.000000342. The highest BCUT2D eigenvalue weighted by molar-refractivity contribution is 7.97. The van der Waals surface area contributed by atoms with Crippen LogP contribution < -0.4 is 36.9 Å². The van der Waals surface area contributed by atoms with Gasteiger partial charge in [-0.25, -0.2) is 4.79 Å². The monoisotopic (exact) mass is 613 g/mol. The number of phenolic OH excluding ortho intramolecular Hbond substituents is 4. The summed E-state index contributed by atoms with van der Waals surface area (Å²) < 4.78 is 5.62. The van der Waals surface area contributed by atoms with Gasteiger partial charge in [-0.3, -0.25) is 20.0 Å². The number of phenols is 4. The maximum atomic E-state index is 10.2. The van der Waals surface area contributed by atoms with Crippen LogP contribution in [0.5, 0.6) is 28.7 Å². The first-order valence-corrected chi connectivity index (χ1v) is 12.8. The summed E-state index contributed by atoms with van der Waals surface area (Å²) in [6, 6.07) is 6.27. The second-order valence-electron chi connectivity index (χ2n) is 7.79. The molecule has 2 aromatic rings. The van der Waals surface area contributed by atoms with E-state index in [1.807, 2.05) is 5.32 Å². The van der Waals surface area contributed by atoms with E-state index in [-0.39, 0.29) is 53.5 Å². The smallest absolute Gasteiger partial charge is 0.321 e. The highest BCUT2D eigenvalue weighted by Gasteiger charge is 2.32. The van der Waals surface area contributed by atoms with Crippen molar-refractivity contribution in [1.29, 1.82) is 5.41 Å². The average molecular weight is 614 g/mol. The predicted molar refractivity (Wildman–Crippen MR) is 154 cm³/mol. The molecule has 16 nitrogen and oxygen atoms in total. The second-order valence-corrected chi connectivity index (χ2v) is 8.87.